The average molecular weight is 295 g/mol. The van der Waals surface area contributed by atoms with Crippen molar-refractivity contribution in [2.45, 2.75) is 38.2 Å². The summed E-state index contributed by atoms with van der Waals surface area (Å²) in [6.07, 6.45) is 11.7. The van der Waals surface area contributed by atoms with E-state index in [4.69, 9.17) is 11.2 Å². The molecule has 22 heavy (non-hydrogen) atoms. The molecule has 0 aliphatic heterocycles. The van der Waals surface area contributed by atoms with Crippen molar-refractivity contribution in [3.8, 4) is 18.0 Å². The number of esters is 1. The summed E-state index contributed by atoms with van der Waals surface area (Å²) in [5.41, 5.74) is 1.89. The maximum absolute atomic E-state index is 12.4. The van der Waals surface area contributed by atoms with Gasteiger partial charge in [0.2, 0.25) is 0 Å². The Balaban J connectivity index is 1.79. The summed E-state index contributed by atoms with van der Waals surface area (Å²) >= 11 is 0. The minimum Gasteiger partial charge on any atom is -0.454 e. The second-order valence-electron chi connectivity index (χ2n) is 5.65. The highest BCUT2D eigenvalue weighted by molar-refractivity contribution is 5.90. The quantitative estimate of drug-likeness (QED) is 0.643. The number of rotatable bonds is 4. The summed E-state index contributed by atoms with van der Waals surface area (Å²) < 4.78 is 7.33. The molecule has 1 aromatic carbocycles. The first kappa shape index (κ1) is 14.3. The van der Waals surface area contributed by atoms with E-state index in [1.165, 1.54) is 6.33 Å². The van der Waals surface area contributed by atoms with E-state index in [-0.39, 0.29) is 5.97 Å². The zero-order valence-corrected chi connectivity index (χ0v) is 12.5. The van der Waals surface area contributed by atoms with Gasteiger partial charge in [0.15, 0.2) is 0 Å². The van der Waals surface area contributed by atoms with Crippen LogP contribution < -0.4 is 0 Å². The Morgan fingerprint density at radius 1 is 1.50 bits per heavy atom. The summed E-state index contributed by atoms with van der Waals surface area (Å²) in [5, 5.41) is 4.10. The van der Waals surface area contributed by atoms with Gasteiger partial charge in [-0.3, -0.25) is 0 Å². The molecule has 5 heteroatoms. The van der Waals surface area contributed by atoms with Crippen LogP contribution in [0.25, 0.3) is 5.69 Å². The Bertz CT molecular complexity index is 725. The predicted octanol–water partition coefficient (Wildman–Crippen LogP) is 2.68. The number of hydrogen-bond donors (Lipinski definition) is 0. The zero-order chi connectivity index (χ0) is 15.6. The first-order chi connectivity index (χ1) is 10.6. The van der Waals surface area contributed by atoms with Crippen LogP contribution in [0.4, 0.5) is 0 Å². The van der Waals surface area contributed by atoms with Gasteiger partial charge in [-0.25, -0.2) is 14.5 Å². The fourth-order valence-electron chi connectivity index (χ4n) is 2.70. The molecule has 0 atom stereocenters. The Hall–Kier alpha value is -2.61. The number of nitrogens with zero attached hydrogens (tertiary/aromatic N) is 3. The van der Waals surface area contributed by atoms with Crippen LogP contribution in [0.3, 0.4) is 0 Å². The van der Waals surface area contributed by atoms with Crippen LogP contribution in [0.2, 0.25) is 0 Å². The topological polar surface area (TPSA) is 57.0 Å². The summed E-state index contributed by atoms with van der Waals surface area (Å²) in [4.78, 5) is 16.3. The normalized spacial score (nSPS) is 15.6. The second kappa shape index (κ2) is 5.64. The van der Waals surface area contributed by atoms with Gasteiger partial charge in [0.25, 0.3) is 0 Å². The molecule has 0 radical (unpaired) electrons. The lowest BCUT2D eigenvalue weighted by atomic mass is 9.77. The number of carbonyl (C=O) groups excluding carboxylic acids is 1. The third-order valence-corrected chi connectivity index (χ3v) is 4.10. The fourth-order valence-corrected chi connectivity index (χ4v) is 2.70. The maximum Gasteiger partial charge on any atom is 0.338 e. The maximum atomic E-state index is 12.4. The molecule has 0 unspecified atom stereocenters. The molecule has 112 valence electrons. The lowest BCUT2D eigenvalue weighted by Gasteiger charge is -2.39. The largest absolute Gasteiger partial charge is 0.454 e. The first-order valence-corrected chi connectivity index (χ1v) is 7.26. The van der Waals surface area contributed by atoms with Crippen molar-refractivity contribution in [3.05, 3.63) is 42.0 Å². The molecule has 2 aromatic rings. The number of terminal acetylenes is 1. The third-order valence-electron chi connectivity index (χ3n) is 4.10. The molecular formula is C17H17N3O2. The van der Waals surface area contributed by atoms with Gasteiger partial charge < -0.3 is 4.74 Å². The van der Waals surface area contributed by atoms with Crippen LogP contribution in [0, 0.1) is 19.3 Å². The lowest BCUT2D eigenvalue weighted by Crippen LogP contribution is -2.41. The van der Waals surface area contributed by atoms with E-state index in [0.717, 1.165) is 30.5 Å². The Kier molecular flexibility index (Phi) is 3.68. The summed E-state index contributed by atoms with van der Waals surface area (Å²) in [7, 11) is 0. The zero-order valence-electron chi connectivity index (χ0n) is 12.5. The minimum atomic E-state index is -0.454. The van der Waals surface area contributed by atoms with Crippen molar-refractivity contribution >= 4 is 5.97 Å². The van der Waals surface area contributed by atoms with Gasteiger partial charge in [-0.2, -0.15) is 5.10 Å². The summed E-state index contributed by atoms with van der Waals surface area (Å²) in [6, 6.07) is 5.39. The van der Waals surface area contributed by atoms with Crippen LogP contribution >= 0.6 is 0 Å². The van der Waals surface area contributed by atoms with Crippen LogP contribution in [-0.2, 0) is 4.74 Å². The Labute approximate surface area is 129 Å². The highest BCUT2D eigenvalue weighted by atomic mass is 16.6. The number of ether oxygens (including phenoxy) is 1. The molecule has 1 aliphatic carbocycles. The molecule has 0 saturated heterocycles. The summed E-state index contributed by atoms with van der Waals surface area (Å²) in [6.45, 7) is 1.92. The standard InChI is InChI=1S/C17H17N3O2/c1-3-7-17(8-4-9-17)22-16(21)14-5-6-15(13(2)10-14)20-12-18-11-19-20/h1,5-6,10-12H,4,7-9H2,2H3. The van der Waals surface area contributed by atoms with Crippen molar-refractivity contribution < 1.29 is 9.53 Å². The molecular weight excluding hydrogens is 278 g/mol. The molecule has 3 rings (SSSR count). The minimum absolute atomic E-state index is 0.316. The van der Waals surface area contributed by atoms with Crippen LogP contribution in [0.15, 0.2) is 30.9 Å². The van der Waals surface area contributed by atoms with E-state index < -0.39 is 5.60 Å². The van der Waals surface area contributed by atoms with Crippen molar-refractivity contribution in [3.63, 3.8) is 0 Å². The molecule has 1 heterocycles. The van der Waals surface area contributed by atoms with Crippen molar-refractivity contribution in [2.24, 2.45) is 0 Å². The monoisotopic (exact) mass is 295 g/mol. The highest BCUT2D eigenvalue weighted by Crippen LogP contribution is 2.39. The van der Waals surface area contributed by atoms with Crippen LogP contribution in [0.1, 0.15) is 41.6 Å². The summed E-state index contributed by atoms with van der Waals surface area (Å²) in [5.74, 6) is 2.29. The second-order valence-corrected chi connectivity index (χ2v) is 5.65. The molecule has 0 N–H and O–H groups in total. The Morgan fingerprint density at radius 2 is 2.32 bits per heavy atom. The molecule has 1 fully saturated rings. The van der Waals surface area contributed by atoms with E-state index in [2.05, 4.69) is 16.0 Å². The van der Waals surface area contributed by atoms with Gasteiger partial charge >= 0.3 is 5.97 Å². The van der Waals surface area contributed by atoms with E-state index in [9.17, 15) is 4.79 Å². The van der Waals surface area contributed by atoms with E-state index in [1.54, 1.807) is 17.1 Å². The lowest BCUT2D eigenvalue weighted by molar-refractivity contribution is -0.0587. The number of aromatic nitrogens is 3. The van der Waals surface area contributed by atoms with Crippen molar-refractivity contribution in [1.29, 1.82) is 0 Å². The molecule has 1 saturated carbocycles. The molecule has 1 aromatic heterocycles. The molecule has 5 nitrogen and oxygen atoms in total. The number of carbonyl (C=O) groups is 1. The van der Waals surface area contributed by atoms with E-state index >= 15 is 0 Å². The van der Waals surface area contributed by atoms with Crippen LogP contribution in [-0.4, -0.2) is 26.3 Å². The van der Waals surface area contributed by atoms with E-state index in [1.807, 2.05) is 19.1 Å². The number of aryl methyl sites for hydroxylation is 1. The predicted molar refractivity (Wildman–Crippen MR) is 81.5 cm³/mol. The van der Waals surface area contributed by atoms with E-state index in [0.29, 0.717) is 12.0 Å². The molecule has 0 spiro atoms. The van der Waals surface area contributed by atoms with Crippen molar-refractivity contribution in [2.75, 3.05) is 0 Å². The molecule has 0 bridgehead atoms. The van der Waals surface area contributed by atoms with Gasteiger partial charge in [0.05, 0.1) is 11.3 Å². The first-order valence-electron chi connectivity index (χ1n) is 7.26. The number of hydrogen-bond acceptors (Lipinski definition) is 4. The van der Waals surface area contributed by atoms with Gasteiger partial charge in [0, 0.05) is 6.42 Å². The SMILES string of the molecule is C#CCC1(OC(=O)c2ccc(-n3cncn3)c(C)c2)CCC1. The van der Waals surface area contributed by atoms with Gasteiger partial charge in [-0.15, -0.1) is 12.3 Å². The highest BCUT2D eigenvalue weighted by Gasteiger charge is 2.40. The van der Waals surface area contributed by atoms with Crippen LogP contribution in [0.5, 0.6) is 0 Å². The smallest absolute Gasteiger partial charge is 0.338 e. The van der Waals surface area contributed by atoms with Crippen molar-refractivity contribution in [1.82, 2.24) is 14.8 Å². The molecule has 1 aliphatic rings. The molecule has 0 amide bonds. The average Bonchev–Trinajstić information content (AvgIpc) is 2.98. The number of benzene rings is 1. The van der Waals surface area contributed by atoms with Gasteiger partial charge in [-0.1, -0.05) is 0 Å². The fraction of sp³-hybridized carbons (Fsp3) is 0.353. The van der Waals surface area contributed by atoms with Gasteiger partial charge in [-0.05, 0) is 49.9 Å². The third kappa shape index (κ3) is 2.60. The van der Waals surface area contributed by atoms with Gasteiger partial charge in [0.1, 0.15) is 18.3 Å². The Morgan fingerprint density at radius 3 is 2.86 bits per heavy atom.